The van der Waals surface area contributed by atoms with Crippen LogP contribution in [0.25, 0.3) is 0 Å². The van der Waals surface area contributed by atoms with E-state index in [4.69, 9.17) is 5.73 Å². The molecule has 18 heavy (non-hydrogen) atoms. The van der Waals surface area contributed by atoms with Crippen LogP contribution in [-0.4, -0.2) is 0 Å². The van der Waals surface area contributed by atoms with Crippen LogP contribution in [0, 0.1) is 0 Å². The van der Waals surface area contributed by atoms with Crippen LogP contribution in [0.1, 0.15) is 70.4 Å². The maximum atomic E-state index is 6.63. The molecule has 2 N–H and O–H groups in total. The summed E-state index contributed by atoms with van der Waals surface area (Å²) in [6.45, 7) is 6.89. The third-order valence-electron chi connectivity index (χ3n) is 4.85. The van der Waals surface area contributed by atoms with Gasteiger partial charge in [0.15, 0.2) is 0 Å². The van der Waals surface area contributed by atoms with Crippen molar-refractivity contribution in [1.29, 1.82) is 0 Å². The predicted octanol–water partition coefficient (Wildman–Crippen LogP) is 4.49. The van der Waals surface area contributed by atoms with Gasteiger partial charge in [-0.05, 0) is 35.8 Å². The van der Waals surface area contributed by atoms with Gasteiger partial charge in [0.05, 0.1) is 0 Å². The van der Waals surface area contributed by atoms with Crippen molar-refractivity contribution >= 4 is 0 Å². The average molecular weight is 245 g/mol. The highest BCUT2D eigenvalue weighted by Gasteiger charge is 2.30. The van der Waals surface area contributed by atoms with Crippen LogP contribution in [0.15, 0.2) is 24.3 Å². The first-order chi connectivity index (χ1) is 8.48. The molecule has 0 heterocycles. The topological polar surface area (TPSA) is 26.0 Å². The quantitative estimate of drug-likeness (QED) is 0.834. The Hall–Kier alpha value is -0.820. The summed E-state index contributed by atoms with van der Waals surface area (Å²) < 4.78 is 0. The van der Waals surface area contributed by atoms with Crippen LogP contribution in [0.2, 0.25) is 0 Å². The molecule has 1 aliphatic carbocycles. The molecule has 1 aromatic carbocycles. The van der Waals surface area contributed by atoms with E-state index in [0.717, 1.165) is 19.3 Å². The summed E-state index contributed by atoms with van der Waals surface area (Å²) in [5, 5.41) is 0. The molecule has 1 nitrogen and oxygen atoms in total. The second-order valence-electron chi connectivity index (χ2n) is 6.54. The molecule has 0 aromatic heterocycles. The second-order valence-corrected chi connectivity index (χ2v) is 6.54. The van der Waals surface area contributed by atoms with Gasteiger partial charge >= 0.3 is 0 Å². The van der Waals surface area contributed by atoms with Crippen LogP contribution >= 0.6 is 0 Å². The third-order valence-corrected chi connectivity index (χ3v) is 4.85. The molecule has 1 aliphatic rings. The highest BCUT2D eigenvalue weighted by molar-refractivity contribution is 5.33. The molecule has 0 aliphatic heterocycles. The van der Waals surface area contributed by atoms with Gasteiger partial charge < -0.3 is 5.73 Å². The smallest absolute Gasteiger partial charge is 0.0409 e. The summed E-state index contributed by atoms with van der Waals surface area (Å²) in [4.78, 5) is 0. The van der Waals surface area contributed by atoms with Crippen LogP contribution in [0.5, 0.6) is 0 Å². The van der Waals surface area contributed by atoms with Crippen molar-refractivity contribution in [2.45, 2.75) is 70.3 Å². The molecule has 2 rings (SSSR count). The van der Waals surface area contributed by atoms with Crippen molar-refractivity contribution in [3.05, 3.63) is 35.4 Å². The molecule has 1 heteroatoms. The predicted molar refractivity (Wildman–Crippen MR) is 78.7 cm³/mol. The van der Waals surface area contributed by atoms with Gasteiger partial charge in [0.25, 0.3) is 0 Å². The Labute approximate surface area is 112 Å². The van der Waals surface area contributed by atoms with E-state index >= 15 is 0 Å². The fourth-order valence-corrected chi connectivity index (χ4v) is 2.93. The molecule has 0 amide bonds. The second kappa shape index (κ2) is 5.05. The van der Waals surface area contributed by atoms with Crippen LogP contribution in [0.3, 0.4) is 0 Å². The minimum absolute atomic E-state index is 0.0713. The maximum absolute atomic E-state index is 6.63. The number of hydrogen-bond donors (Lipinski definition) is 1. The SMILES string of the molecule is CCC(C)(C)c1cccc(C2(N)CCCCC2)c1. The van der Waals surface area contributed by atoms with Crippen LogP contribution < -0.4 is 5.73 Å². The lowest BCUT2D eigenvalue weighted by Crippen LogP contribution is -2.38. The zero-order valence-corrected chi connectivity index (χ0v) is 12.1. The van der Waals surface area contributed by atoms with Gasteiger partial charge in [0.2, 0.25) is 0 Å². The van der Waals surface area contributed by atoms with E-state index in [1.165, 1.54) is 30.4 Å². The molecule has 0 bridgehead atoms. The molecule has 0 saturated heterocycles. The summed E-state index contributed by atoms with van der Waals surface area (Å²) in [5.41, 5.74) is 9.59. The molecular weight excluding hydrogens is 218 g/mol. The molecule has 0 unspecified atom stereocenters. The van der Waals surface area contributed by atoms with Crippen molar-refractivity contribution < 1.29 is 0 Å². The lowest BCUT2D eigenvalue weighted by atomic mass is 9.74. The Morgan fingerprint density at radius 2 is 1.83 bits per heavy atom. The van der Waals surface area contributed by atoms with E-state index < -0.39 is 0 Å². The number of benzene rings is 1. The number of hydrogen-bond acceptors (Lipinski definition) is 1. The Bertz CT molecular complexity index is 400. The van der Waals surface area contributed by atoms with E-state index in [0.29, 0.717) is 0 Å². The highest BCUT2D eigenvalue weighted by Crippen LogP contribution is 2.36. The Kier molecular flexibility index (Phi) is 3.82. The monoisotopic (exact) mass is 245 g/mol. The highest BCUT2D eigenvalue weighted by atomic mass is 14.7. The standard InChI is InChI=1S/C17H27N/c1-4-16(2,3)14-9-8-10-15(13-14)17(18)11-6-5-7-12-17/h8-10,13H,4-7,11-12,18H2,1-3H3. The first-order valence-corrected chi connectivity index (χ1v) is 7.38. The van der Waals surface area contributed by atoms with Gasteiger partial charge in [-0.15, -0.1) is 0 Å². The van der Waals surface area contributed by atoms with Gasteiger partial charge in [-0.2, -0.15) is 0 Å². The zero-order valence-electron chi connectivity index (χ0n) is 12.1. The van der Waals surface area contributed by atoms with Crippen molar-refractivity contribution in [3.63, 3.8) is 0 Å². The molecule has 0 radical (unpaired) electrons. The van der Waals surface area contributed by atoms with Crippen molar-refractivity contribution in [3.8, 4) is 0 Å². The number of rotatable bonds is 3. The Morgan fingerprint density at radius 3 is 2.44 bits per heavy atom. The largest absolute Gasteiger partial charge is 0.321 e. The van der Waals surface area contributed by atoms with Crippen molar-refractivity contribution in [2.24, 2.45) is 5.73 Å². The molecule has 1 fully saturated rings. The fraction of sp³-hybridized carbons (Fsp3) is 0.647. The summed E-state index contributed by atoms with van der Waals surface area (Å²) >= 11 is 0. The third kappa shape index (κ3) is 2.61. The summed E-state index contributed by atoms with van der Waals surface area (Å²) in [5.74, 6) is 0. The summed E-state index contributed by atoms with van der Waals surface area (Å²) in [6.07, 6.45) is 7.34. The zero-order chi connectivity index (χ0) is 13.2. The van der Waals surface area contributed by atoms with Gasteiger partial charge in [-0.1, -0.05) is 64.3 Å². The summed E-state index contributed by atoms with van der Waals surface area (Å²) in [6, 6.07) is 9.01. The van der Waals surface area contributed by atoms with Crippen LogP contribution in [-0.2, 0) is 11.0 Å². The Morgan fingerprint density at radius 1 is 1.17 bits per heavy atom. The van der Waals surface area contributed by atoms with Gasteiger partial charge in [0.1, 0.15) is 0 Å². The lowest BCUT2D eigenvalue weighted by molar-refractivity contribution is 0.301. The Balaban J connectivity index is 2.32. The first kappa shape index (κ1) is 13.6. The fourth-order valence-electron chi connectivity index (χ4n) is 2.93. The van der Waals surface area contributed by atoms with E-state index in [-0.39, 0.29) is 11.0 Å². The molecule has 1 saturated carbocycles. The summed E-state index contributed by atoms with van der Waals surface area (Å²) in [7, 11) is 0. The average Bonchev–Trinajstić information content (AvgIpc) is 2.40. The number of nitrogens with two attached hydrogens (primary N) is 1. The van der Waals surface area contributed by atoms with Crippen LogP contribution in [0.4, 0.5) is 0 Å². The molecule has 100 valence electrons. The normalized spacial score (nSPS) is 19.8. The van der Waals surface area contributed by atoms with E-state index in [1.807, 2.05) is 0 Å². The minimum atomic E-state index is -0.0713. The van der Waals surface area contributed by atoms with E-state index in [1.54, 1.807) is 0 Å². The van der Waals surface area contributed by atoms with Crippen molar-refractivity contribution in [2.75, 3.05) is 0 Å². The lowest BCUT2D eigenvalue weighted by Gasteiger charge is -2.35. The first-order valence-electron chi connectivity index (χ1n) is 7.38. The molecule has 1 aromatic rings. The van der Waals surface area contributed by atoms with E-state index in [2.05, 4.69) is 45.0 Å². The van der Waals surface area contributed by atoms with E-state index in [9.17, 15) is 0 Å². The molecular formula is C17H27N. The van der Waals surface area contributed by atoms with Gasteiger partial charge in [-0.25, -0.2) is 0 Å². The van der Waals surface area contributed by atoms with Gasteiger partial charge in [0, 0.05) is 5.54 Å². The van der Waals surface area contributed by atoms with Gasteiger partial charge in [-0.3, -0.25) is 0 Å². The molecule has 0 atom stereocenters. The minimum Gasteiger partial charge on any atom is -0.321 e. The van der Waals surface area contributed by atoms with Crippen molar-refractivity contribution in [1.82, 2.24) is 0 Å². The maximum Gasteiger partial charge on any atom is 0.0409 e. The molecule has 0 spiro atoms.